The first kappa shape index (κ1) is 19.8. The maximum absolute atomic E-state index is 13.3. The van der Waals surface area contributed by atoms with E-state index in [0.29, 0.717) is 28.3 Å². The van der Waals surface area contributed by atoms with Gasteiger partial charge in [-0.15, -0.1) is 0 Å². The predicted octanol–water partition coefficient (Wildman–Crippen LogP) is 4.68. The molecule has 1 aliphatic heterocycles. The van der Waals surface area contributed by atoms with Crippen molar-refractivity contribution in [1.82, 2.24) is 4.98 Å². The van der Waals surface area contributed by atoms with Crippen molar-refractivity contribution in [3.63, 3.8) is 0 Å². The molecule has 0 spiro atoms. The summed E-state index contributed by atoms with van der Waals surface area (Å²) in [6, 6.07) is 12.7. The zero-order valence-corrected chi connectivity index (χ0v) is 16.4. The summed E-state index contributed by atoms with van der Waals surface area (Å²) in [5, 5.41) is 18.7. The Bertz CT molecular complexity index is 1130. The highest BCUT2D eigenvalue weighted by Gasteiger charge is 2.24. The lowest BCUT2D eigenvalue weighted by molar-refractivity contribution is 0.102. The Morgan fingerprint density at radius 3 is 2.37 bits per heavy atom. The molecular weight excluding hydrogens is 390 g/mol. The summed E-state index contributed by atoms with van der Waals surface area (Å²) in [6.45, 7) is 3.80. The van der Waals surface area contributed by atoms with Crippen LogP contribution in [-0.4, -0.2) is 22.6 Å². The maximum atomic E-state index is 13.3. The second-order valence-corrected chi connectivity index (χ2v) is 7.77. The van der Waals surface area contributed by atoms with Crippen LogP contribution in [0.2, 0.25) is 0 Å². The van der Waals surface area contributed by atoms with Crippen molar-refractivity contribution >= 4 is 34.3 Å². The van der Waals surface area contributed by atoms with Crippen LogP contribution >= 0.6 is 0 Å². The Balaban J connectivity index is 1.68. The van der Waals surface area contributed by atoms with Crippen LogP contribution in [0.3, 0.4) is 0 Å². The average Bonchev–Trinajstić information content (AvgIpc) is 2.81. The molecule has 0 saturated heterocycles. The number of carbonyl (C=O) groups excluding carboxylic acids is 1. The van der Waals surface area contributed by atoms with E-state index in [2.05, 4.69) is 20.9 Å². The quantitative estimate of drug-likeness (QED) is 0.469. The lowest BCUT2D eigenvalue weighted by Gasteiger charge is -2.23. The van der Waals surface area contributed by atoms with Crippen LogP contribution in [-0.2, 0) is 5.41 Å². The van der Waals surface area contributed by atoms with E-state index < -0.39 is 17.3 Å². The summed E-state index contributed by atoms with van der Waals surface area (Å²) < 4.78 is 26.7. The molecule has 0 bridgehead atoms. The summed E-state index contributed by atoms with van der Waals surface area (Å²) in [4.78, 5) is 15.8. The van der Waals surface area contributed by atoms with Crippen molar-refractivity contribution < 1.29 is 18.7 Å². The van der Waals surface area contributed by atoms with E-state index in [4.69, 9.17) is 0 Å². The standard InChI is InChI=1S/C22H20F2N4O2/c1-22(2,11-29)12-3-6-16-18(7-12)27-21(30)15-5-4-13(8-17(15)26-16)25-14-9-19(23)28-20(24)10-14/h3-10,26,29H,11H2,1-2H3,(H,25,28)(H,27,30). The van der Waals surface area contributed by atoms with Crippen LogP contribution < -0.4 is 16.0 Å². The fourth-order valence-corrected chi connectivity index (χ4v) is 3.23. The zero-order valence-electron chi connectivity index (χ0n) is 16.4. The van der Waals surface area contributed by atoms with Crippen molar-refractivity contribution in [3.8, 4) is 0 Å². The average molecular weight is 410 g/mol. The van der Waals surface area contributed by atoms with E-state index >= 15 is 0 Å². The molecule has 2 heterocycles. The van der Waals surface area contributed by atoms with E-state index in [9.17, 15) is 18.7 Å². The SMILES string of the molecule is CC(C)(CO)c1ccc2c(c1)NC(=O)c1ccc(Nc3cc(F)nc(F)c3)cc1N2. The van der Waals surface area contributed by atoms with Gasteiger partial charge in [-0.25, -0.2) is 0 Å². The van der Waals surface area contributed by atoms with Gasteiger partial charge in [0.2, 0.25) is 11.9 Å². The highest BCUT2D eigenvalue weighted by atomic mass is 19.1. The molecule has 0 saturated carbocycles. The van der Waals surface area contributed by atoms with E-state index in [1.807, 2.05) is 32.0 Å². The number of rotatable bonds is 4. The fraction of sp³-hybridized carbons (Fsp3) is 0.182. The highest BCUT2D eigenvalue weighted by molar-refractivity contribution is 6.12. The number of nitrogens with zero attached hydrogens (tertiary/aromatic N) is 1. The van der Waals surface area contributed by atoms with Crippen LogP contribution in [0.25, 0.3) is 0 Å². The molecule has 1 aliphatic rings. The molecule has 30 heavy (non-hydrogen) atoms. The third-order valence-corrected chi connectivity index (χ3v) is 5.03. The van der Waals surface area contributed by atoms with E-state index in [0.717, 1.165) is 17.7 Å². The number of hydrogen-bond acceptors (Lipinski definition) is 5. The van der Waals surface area contributed by atoms with Gasteiger partial charge in [-0.05, 0) is 35.9 Å². The van der Waals surface area contributed by atoms with E-state index in [-0.39, 0.29) is 18.2 Å². The minimum absolute atomic E-state index is 0.0292. The van der Waals surface area contributed by atoms with Crippen LogP contribution in [0.5, 0.6) is 0 Å². The number of halogens is 2. The number of fused-ring (bicyclic) bond motifs is 2. The Kier molecular flexibility index (Phi) is 4.87. The number of anilines is 5. The Morgan fingerprint density at radius 2 is 1.67 bits per heavy atom. The van der Waals surface area contributed by atoms with Gasteiger partial charge in [0.1, 0.15) is 0 Å². The van der Waals surface area contributed by atoms with Crippen molar-refractivity contribution in [2.45, 2.75) is 19.3 Å². The molecule has 4 rings (SSSR count). The summed E-state index contributed by atoms with van der Waals surface area (Å²) in [5.74, 6) is -2.15. The molecule has 0 atom stereocenters. The van der Waals surface area contributed by atoms with Gasteiger partial charge in [-0.2, -0.15) is 13.8 Å². The zero-order chi connectivity index (χ0) is 21.5. The predicted molar refractivity (Wildman–Crippen MR) is 112 cm³/mol. The number of benzene rings is 2. The number of aliphatic hydroxyl groups excluding tert-OH is 1. The second kappa shape index (κ2) is 7.38. The lowest BCUT2D eigenvalue weighted by atomic mass is 9.85. The molecule has 1 amide bonds. The molecule has 3 aromatic rings. The summed E-state index contributed by atoms with van der Waals surface area (Å²) in [6.07, 6.45) is 0. The van der Waals surface area contributed by atoms with Gasteiger partial charge < -0.3 is 21.1 Å². The first-order valence-corrected chi connectivity index (χ1v) is 9.33. The Hall–Kier alpha value is -3.52. The number of carbonyl (C=O) groups is 1. The van der Waals surface area contributed by atoms with Crippen molar-refractivity contribution in [3.05, 3.63) is 71.6 Å². The summed E-state index contributed by atoms with van der Waals surface area (Å²) in [7, 11) is 0. The molecular formula is C22H20F2N4O2. The third-order valence-electron chi connectivity index (χ3n) is 5.03. The molecule has 1 aromatic heterocycles. The molecule has 6 nitrogen and oxygen atoms in total. The van der Waals surface area contributed by atoms with Crippen molar-refractivity contribution in [2.75, 3.05) is 22.6 Å². The van der Waals surface area contributed by atoms with Crippen molar-refractivity contribution in [2.24, 2.45) is 0 Å². The summed E-state index contributed by atoms with van der Waals surface area (Å²) in [5.41, 5.74) is 3.44. The molecule has 2 aromatic carbocycles. The minimum atomic E-state index is -0.930. The smallest absolute Gasteiger partial charge is 0.257 e. The highest BCUT2D eigenvalue weighted by Crippen LogP contribution is 2.36. The molecule has 0 fully saturated rings. The van der Waals surface area contributed by atoms with Crippen LogP contribution in [0.4, 0.5) is 37.2 Å². The fourth-order valence-electron chi connectivity index (χ4n) is 3.23. The lowest BCUT2D eigenvalue weighted by Crippen LogP contribution is -2.22. The van der Waals surface area contributed by atoms with Gasteiger partial charge in [-0.1, -0.05) is 19.9 Å². The molecule has 8 heteroatoms. The van der Waals surface area contributed by atoms with Crippen molar-refractivity contribution in [1.29, 1.82) is 0 Å². The molecule has 0 unspecified atom stereocenters. The number of pyridine rings is 1. The van der Waals surface area contributed by atoms with Gasteiger partial charge in [0.15, 0.2) is 0 Å². The number of nitrogens with one attached hydrogen (secondary N) is 3. The number of aliphatic hydroxyl groups is 1. The Labute approximate surface area is 172 Å². The molecule has 4 N–H and O–H groups in total. The number of amides is 1. The maximum Gasteiger partial charge on any atom is 0.257 e. The molecule has 154 valence electrons. The first-order chi connectivity index (χ1) is 14.2. The third kappa shape index (κ3) is 3.81. The topological polar surface area (TPSA) is 86.3 Å². The second-order valence-electron chi connectivity index (χ2n) is 7.77. The van der Waals surface area contributed by atoms with Crippen LogP contribution in [0.1, 0.15) is 29.8 Å². The largest absolute Gasteiger partial charge is 0.395 e. The normalized spacial score (nSPS) is 12.9. The first-order valence-electron chi connectivity index (χ1n) is 9.33. The minimum Gasteiger partial charge on any atom is -0.395 e. The monoisotopic (exact) mass is 410 g/mol. The van der Waals surface area contributed by atoms with Gasteiger partial charge in [0, 0.05) is 28.9 Å². The van der Waals surface area contributed by atoms with Gasteiger partial charge in [-0.3, -0.25) is 4.79 Å². The number of aromatic nitrogens is 1. The van der Waals surface area contributed by atoms with Crippen LogP contribution in [0.15, 0.2) is 48.5 Å². The van der Waals surface area contributed by atoms with Gasteiger partial charge in [0.25, 0.3) is 5.91 Å². The van der Waals surface area contributed by atoms with Crippen LogP contribution in [0, 0.1) is 11.9 Å². The Morgan fingerprint density at radius 1 is 0.933 bits per heavy atom. The van der Waals surface area contributed by atoms with Gasteiger partial charge in [0.05, 0.1) is 29.2 Å². The van der Waals surface area contributed by atoms with E-state index in [1.165, 1.54) is 0 Å². The molecule has 0 aliphatic carbocycles. The van der Waals surface area contributed by atoms with E-state index in [1.54, 1.807) is 18.2 Å². The van der Waals surface area contributed by atoms with Gasteiger partial charge >= 0.3 is 0 Å². The number of hydrogen-bond donors (Lipinski definition) is 4. The molecule has 0 radical (unpaired) electrons. The summed E-state index contributed by atoms with van der Waals surface area (Å²) >= 11 is 0.